The van der Waals surface area contributed by atoms with Crippen LogP contribution in [0.15, 0.2) is 163 Å². The van der Waals surface area contributed by atoms with Crippen molar-refractivity contribution in [1.82, 2.24) is 4.98 Å². The van der Waals surface area contributed by atoms with Gasteiger partial charge >= 0.3 is 0 Å². The molecule has 0 saturated carbocycles. The second-order valence-electron chi connectivity index (χ2n) is 10.4. The summed E-state index contributed by atoms with van der Waals surface area (Å²) in [6, 6.07) is 52.5. The van der Waals surface area contributed by atoms with E-state index in [1.807, 2.05) is 31.3 Å². The Labute approximate surface area is 253 Å². The van der Waals surface area contributed by atoms with Crippen LogP contribution in [0.5, 0.6) is 0 Å². The molecule has 1 aromatic heterocycles. The number of pyridine rings is 1. The van der Waals surface area contributed by atoms with Gasteiger partial charge in [-0.1, -0.05) is 139 Å². The molecule has 0 radical (unpaired) electrons. The first-order valence-electron chi connectivity index (χ1n) is 14.2. The smallest absolute Gasteiger partial charge is 0.0841 e. The van der Waals surface area contributed by atoms with E-state index in [0.29, 0.717) is 5.02 Å². The van der Waals surface area contributed by atoms with Crippen molar-refractivity contribution in [2.24, 2.45) is 4.99 Å². The number of halogens is 1. The Hall–Kier alpha value is -4.79. The van der Waals surface area contributed by atoms with Gasteiger partial charge in [-0.15, -0.1) is 0 Å². The molecule has 1 heterocycles. The van der Waals surface area contributed by atoms with Gasteiger partial charge in [-0.2, -0.15) is 0 Å². The van der Waals surface area contributed by atoms with Crippen LogP contribution in [0, 0.1) is 0 Å². The number of hydrogen-bond acceptors (Lipinski definition) is 2. The maximum absolute atomic E-state index is 7.05. The Balaban J connectivity index is 1.69. The third-order valence-electron chi connectivity index (χ3n) is 7.60. The van der Waals surface area contributed by atoms with Crippen LogP contribution in [0.1, 0.15) is 57.8 Å². The highest BCUT2D eigenvalue weighted by Gasteiger charge is 2.27. The minimum atomic E-state index is -0.0765. The minimum absolute atomic E-state index is 0.0765. The first kappa shape index (κ1) is 27.4. The zero-order valence-corrected chi connectivity index (χ0v) is 24.2. The van der Waals surface area contributed by atoms with E-state index >= 15 is 0 Å². The fourth-order valence-electron chi connectivity index (χ4n) is 5.70. The highest BCUT2D eigenvalue weighted by atomic mass is 35.5. The van der Waals surface area contributed by atoms with Gasteiger partial charge in [0.1, 0.15) is 0 Å². The quantitative estimate of drug-likeness (QED) is 0.134. The molecule has 0 bridgehead atoms. The van der Waals surface area contributed by atoms with Crippen LogP contribution >= 0.6 is 11.6 Å². The monoisotopic (exact) mass is 562 g/mol. The molecule has 3 heteroatoms. The van der Waals surface area contributed by atoms with Gasteiger partial charge in [-0.05, 0) is 64.6 Å². The van der Waals surface area contributed by atoms with Crippen molar-refractivity contribution in [3.63, 3.8) is 0 Å². The number of aliphatic imine (C=N–C) groups is 1. The molecule has 0 saturated heterocycles. The minimum Gasteiger partial charge on any atom is -0.255 e. The van der Waals surface area contributed by atoms with E-state index in [-0.39, 0.29) is 11.8 Å². The van der Waals surface area contributed by atoms with Crippen LogP contribution in [0.3, 0.4) is 0 Å². The summed E-state index contributed by atoms with van der Waals surface area (Å²) in [5, 5.41) is 0.683. The molecule has 6 aromatic rings. The van der Waals surface area contributed by atoms with Gasteiger partial charge in [0.2, 0.25) is 0 Å². The van der Waals surface area contributed by atoms with Gasteiger partial charge in [-0.25, -0.2) is 0 Å². The van der Waals surface area contributed by atoms with Crippen molar-refractivity contribution in [2.45, 2.75) is 18.8 Å². The Kier molecular flexibility index (Phi) is 8.35. The lowest BCUT2D eigenvalue weighted by molar-refractivity contribution is 0.938. The summed E-state index contributed by atoms with van der Waals surface area (Å²) < 4.78 is 0. The van der Waals surface area contributed by atoms with E-state index in [0.717, 1.165) is 28.2 Å². The molecule has 0 spiro atoms. The molecule has 0 fully saturated rings. The molecular weight excluding hydrogens is 532 g/mol. The molecule has 5 aromatic carbocycles. The lowest BCUT2D eigenvalue weighted by Gasteiger charge is -2.27. The van der Waals surface area contributed by atoms with E-state index < -0.39 is 0 Å². The maximum atomic E-state index is 7.05. The third-order valence-corrected chi connectivity index (χ3v) is 7.82. The summed E-state index contributed by atoms with van der Waals surface area (Å²) in [7, 11) is 0. The van der Waals surface area contributed by atoms with Gasteiger partial charge in [0.25, 0.3) is 0 Å². The van der Waals surface area contributed by atoms with Crippen LogP contribution in [-0.4, -0.2) is 10.7 Å². The summed E-state index contributed by atoms with van der Waals surface area (Å²) in [5.41, 5.74) is 9.44. The predicted molar refractivity (Wildman–Crippen MR) is 175 cm³/mol. The zero-order chi connectivity index (χ0) is 28.7. The van der Waals surface area contributed by atoms with E-state index in [2.05, 4.69) is 138 Å². The van der Waals surface area contributed by atoms with Gasteiger partial charge in [-0.3, -0.25) is 9.98 Å². The maximum Gasteiger partial charge on any atom is 0.0841 e. The number of rotatable bonds is 8. The molecule has 0 amide bonds. The van der Waals surface area contributed by atoms with Crippen molar-refractivity contribution < 1.29 is 0 Å². The molecule has 0 unspecified atom stereocenters. The highest BCUT2D eigenvalue weighted by molar-refractivity contribution is 6.31. The largest absolute Gasteiger partial charge is 0.255 e. The van der Waals surface area contributed by atoms with E-state index in [1.54, 1.807) is 0 Å². The van der Waals surface area contributed by atoms with Gasteiger partial charge in [0.15, 0.2) is 0 Å². The Morgan fingerprint density at radius 3 is 1.29 bits per heavy atom. The second kappa shape index (κ2) is 12.8. The van der Waals surface area contributed by atoms with Crippen LogP contribution in [0.2, 0.25) is 5.02 Å². The predicted octanol–water partition coefficient (Wildman–Crippen LogP) is 10.2. The number of aromatic nitrogens is 1. The lowest BCUT2D eigenvalue weighted by Crippen LogP contribution is -2.10. The molecule has 0 aliphatic heterocycles. The van der Waals surface area contributed by atoms with Crippen molar-refractivity contribution >= 4 is 23.0 Å². The van der Waals surface area contributed by atoms with Crippen LogP contribution in [0.25, 0.3) is 0 Å². The average molecular weight is 563 g/mol. The number of hydrogen-bond donors (Lipinski definition) is 0. The molecule has 0 atom stereocenters. The van der Waals surface area contributed by atoms with Crippen LogP contribution < -0.4 is 0 Å². The lowest BCUT2D eigenvalue weighted by atomic mass is 9.79. The second-order valence-corrected chi connectivity index (χ2v) is 10.8. The standard InChI is InChI=1S/C39H31ClN2/c1-28(36-24-14-15-25-41-36)42-39-34(37(29-16-6-2-7-17-29)30-18-8-3-9-19-30)26-33(40)27-35(39)38(31-20-10-4-11-21-31)32-22-12-5-13-23-32/h2-27,37-38H,1H3. The summed E-state index contributed by atoms with van der Waals surface area (Å²) in [4.78, 5) is 10.0. The van der Waals surface area contributed by atoms with E-state index in [4.69, 9.17) is 16.6 Å². The summed E-state index contributed by atoms with van der Waals surface area (Å²) >= 11 is 7.05. The van der Waals surface area contributed by atoms with Crippen LogP contribution in [-0.2, 0) is 0 Å². The van der Waals surface area contributed by atoms with Crippen molar-refractivity contribution in [3.8, 4) is 0 Å². The number of benzene rings is 5. The van der Waals surface area contributed by atoms with Crippen LogP contribution in [0.4, 0.5) is 5.69 Å². The third kappa shape index (κ3) is 5.95. The summed E-state index contributed by atoms with van der Waals surface area (Å²) in [6.45, 7) is 2.03. The van der Waals surface area contributed by atoms with E-state index in [1.165, 1.54) is 22.3 Å². The Bertz CT molecular complexity index is 1590. The highest BCUT2D eigenvalue weighted by Crippen LogP contribution is 2.46. The Morgan fingerprint density at radius 2 is 0.929 bits per heavy atom. The van der Waals surface area contributed by atoms with E-state index in [9.17, 15) is 0 Å². The fourth-order valence-corrected chi connectivity index (χ4v) is 5.93. The SMILES string of the molecule is CC(=Nc1c(C(c2ccccc2)c2ccccc2)cc(Cl)cc1C(c1ccccc1)c1ccccc1)c1ccccn1. The van der Waals surface area contributed by atoms with Gasteiger partial charge in [0, 0.05) is 23.1 Å². The average Bonchev–Trinajstić information content (AvgIpc) is 3.05. The normalized spacial score (nSPS) is 11.7. The molecule has 204 valence electrons. The zero-order valence-electron chi connectivity index (χ0n) is 23.4. The summed E-state index contributed by atoms with van der Waals surface area (Å²) in [5.74, 6) is -0.153. The molecule has 0 aliphatic carbocycles. The van der Waals surface area contributed by atoms with Crippen molar-refractivity contribution in [2.75, 3.05) is 0 Å². The molecule has 0 N–H and O–H groups in total. The molecular formula is C39H31ClN2. The van der Waals surface area contributed by atoms with Crippen molar-refractivity contribution in [1.29, 1.82) is 0 Å². The van der Waals surface area contributed by atoms with Crippen molar-refractivity contribution in [3.05, 3.63) is 202 Å². The summed E-state index contributed by atoms with van der Waals surface area (Å²) in [6.07, 6.45) is 1.81. The fraction of sp³-hybridized carbons (Fsp3) is 0.0769. The Morgan fingerprint density at radius 1 is 0.548 bits per heavy atom. The molecule has 42 heavy (non-hydrogen) atoms. The molecule has 6 rings (SSSR count). The number of nitrogens with zero attached hydrogens (tertiary/aromatic N) is 2. The first-order chi connectivity index (χ1) is 20.7. The molecule has 2 nitrogen and oxygen atoms in total. The topological polar surface area (TPSA) is 25.2 Å². The van der Waals surface area contributed by atoms with Gasteiger partial charge < -0.3 is 0 Å². The molecule has 0 aliphatic rings. The van der Waals surface area contributed by atoms with Gasteiger partial charge in [0.05, 0.1) is 17.1 Å². The first-order valence-corrected chi connectivity index (χ1v) is 14.6.